The van der Waals surface area contributed by atoms with Gasteiger partial charge in [0.15, 0.2) is 5.16 Å². The molecule has 0 unspecified atom stereocenters. The largest absolute Gasteiger partial charge is 0.488 e. The van der Waals surface area contributed by atoms with E-state index in [0.717, 1.165) is 43.4 Å². The maximum absolute atomic E-state index is 11.6. The first-order valence-corrected chi connectivity index (χ1v) is 13.7. The molecule has 1 aromatic heterocycles. The number of aromatic nitrogens is 3. The number of ether oxygens (including phenoxy) is 1. The van der Waals surface area contributed by atoms with Crippen LogP contribution in [0.5, 0.6) is 5.75 Å². The second kappa shape index (κ2) is 11.4. The first kappa shape index (κ1) is 25.9. The minimum absolute atomic E-state index is 0.257. The Kier molecular flexibility index (Phi) is 7.76. The van der Waals surface area contributed by atoms with Crippen molar-refractivity contribution in [2.45, 2.75) is 30.9 Å². The summed E-state index contributed by atoms with van der Waals surface area (Å²) in [4.78, 5) is 11.3. The van der Waals surface area contributed by atoms with Crippen molar-refractivity contribution in [3.8, 4) is 11.4 Å². The zero-order chi connectivity index (χ0) is 26.6. The summed E-state index contributed by atoms with van der Waals surface area (Å²) in [6.07, 6.45) is 0. The van der Waals surface area contributed by atoms with Gasteiger partial charge in [-0.3, -0.25) is 14.7 Å². The lowest BCUT2D eigenvalue weighted by molar-refractivity contribution is -0.479. The third kappa shape index (κ3) is 5.74. The van der Waals surface area contributed by atoms with Gasteiger partial charge in [0, 0.05) is 10.6 Å². The Morgan fingerprint density at radius 2 is 1.76 bits per heavy atom. The Bertz CT molecular complexity index is 1600. The van der Waals surface area contributed by atoms with Crippen LogP contribution in [0.15, 0.2) is 94.6 Å². The zero-order valence-corrected chi connectivity index (χ0v) is 23.3. The summed E-state index contributed by atoms with van der Waals surface area (Å²) in [5.41, 5.74) is 3.95. The molecule has 192 valence electrons. The molecule has 1 heterocycles. The van der Waals surface area contributed by atoms with Crippen molar-refractivity contribution >= 4 is 38.5 Å². The van der Waals surface area contributed by atoms with Gasteiger partial charge in [-0.15, -0.1) is 10.2 Å². The fraction of sp³-hybridized carbons (Fsp3) is 0.172. The van der Waals surface area contributed by atoms with Gasteiger partial charge in [-0.25, -0.2) is 0 Å². The quantitative estimate of drug-likeness (QED) is 0.101. The molecule has 4 aromatic carbocycles. The molecule has 0 radical (unpaired) electrons. The highest BCUT2D eigenvalue weighted by atomic mass is 79.9. The molecule has 7 nitrogen and oxygen atoms in total. The summed E-state index contributed by atoms with van der Waals surface area (Å²) in [5.74, 6) is 1.39. The predicted molar refractivity (Wildman–Crippen MR) is 154 cm³/mol. The van der Waals surface area contributed by atoms with Crippen LogP contribution in [0.3, 0.4) is 0 Å². The lowest BCUT2D eigenvalue weighted by Gasteiger charge is -2.16. The summed E-state index contributed by atoms with van der Waals surface area (Å²) in [5, 5.41) is 22.6. The molecule has 0 aliphatic carbocycles. The number of halogens is 1. The molecule has 1 atom stereocenters. The first-order valence-electron chi connectivity index (χ1n) is 12.1. The van der Waals surface area contributed by atoms with Gasteiger partial charge < -0.3 is 4.74 Å². The summed E-state index contributed by atoms with van der Waals surface area (Å²) in [7, 11) is 0. The van der Waals surface area contributed by atoms with Crippen molar-refractivity contribution < 1.29 is 9.66 Å². The standard InChI is InChI=1S/C29H25BrN4O3S/c1-19-10-13-24(14-11-19)34-20(2)31-32-29(34)38-28(17-33(35)36)22-12-15-27(26(30)16-22)37-18-23-8-5-7-21-6-3-4-9-25(21)23/h3-16,28H,17-18H2,1-2H3/t28-/m1/s1. The van der Waals surface area contributed by atoms with Gasteiger partial charge in [-0.2, -0.15) is 0 Å². The lowest BCUT2D eigenvalue weighted by Crippen LogP contribution is -2.11. The van der Waals surface area contributed by atoms with Crippen LogP contribution < -0.4 is 4.74 Å². The summed E-state index contributed by atoms with van der Waals surface area (Å²) in [6, 6.07) is 28.0. The van der Waals surface area contributed by atoms with Gasteiger partial charge in [0.2, 0.25) is 6.54 Å². The minimum Gasteiger partial charge on any atom is -0.488 e. The second-order valence-corrected chi connectivity index (χ2v) is 11.0. The molecule has 5 rings (SSSR count). The Balaban J connectivity index is 1.38. The predicted octanol–water partition coefficient (Wildman–Crippen LogP) is 7.49. The van der Waals surface area contributed by atoms with Gasteiger partial charge in [-0.1, -0.05) is 78.0 Å². The average molecular weight is 590 g/mol. The van der Waals surface area contributed by atoms with E-state index in [4.69, 9.17) is 4.74 Å². The van der Waals surface area contributed by atoms with E-state index in [-0.39, 0.29) is 11.5 Å². The van der Waals surface area contributed by atoms with E-state index in [1.54, 1.807) is 0 Å². The lowest BCUT2D eigenvalue weighted by atomic mass is 10.1. The van der Waals surface area contributed by atoms with Crippen molar-refractivity contribution in [2.75, 3.05) is 6.54 Å². The molecule has 0 bridgehead atoms. The number of nitro groups is 1. The highest BCUT2D eigenvalue weighted by Gasteiger charge is 2.24. The second-order valence-electron chi connectivity index (χ2n) is 8.94. The van der Waals surface area contributed by atoms with E-state index in [1.807, 2.05) is 79.1 Å². The SMILES string of the molecule is Cc1ccc(-n2c(C)nnc2S[C@H](C[N+](=O)[O-])c2ccc(OCc3cccc4ccccc34)c(Br)c2)cc1. The molecular weight excluding hydrogens is 564 g/mol. The molecule has 0 fully saturated rings. The van der Waals surface area contributed by atoms with Gasteiger partial charge in [0.1, 0.15) is 23.4 Å². The molecule has 0 N–H and O–H groups in total. The van der Waals surface area contributed by atoms with Gasteiger partial charge in [0.05, 0.1) is 4.47 Å². The van der Waals surface area contributed by atoms with Crippen LogP contribution in [0, 0.1) is 24.0 Å². The number of thioether (sulfide) groups is 1. The number of aryl methyl sites for hydroxylation is 2. The third-order valence-corrected chi connectivity index (χ3v) is 8.04. The highest BCUT2D eigenvalue weighted by molar-refractivity contribution is 9.10. The smallest absolute Gasteiger partial charge is 0.220 e. The van der Waals surface area contributed by atoms with Crippen LogP contribution in [0.4, 0.5) is 0 Å². The number of benzene rings is 4. The van der Waals surface area contributed by atoms with E-state index in [2.05, 4.69) is 50.4 Å². The van der Waals surface area contributed by atoms with Crippen LogP contribution in [0.25, 0.3) is 16.5 Å². The highest BCUT2D eigenvalue weighted by Crippen LogP contribution is 2.39. The Hall–Kier alpha value is -3.69. The normalized spacial score (nSPS) is 12.0. The Morgan fingerprint density at radius 1 is 1.00 bits per heavy atom. The fourth-order valence-corrected chi connectivity index (χ4v) is 5.97. The number of hydrogen-bond acceptors (Lipinski definition) is 6. The molecule has 5 aromatic rings. The Labute approximate surface area is 233 Å². The van der Waals surface area contributed by atoms with E-state index in [1.165, 1.54) is 11.8 Å². The third-order valence-electron chi connectivity index (χ3n) is 6.24. The van der Waals surface area contributed by atoms with Gasteiger partial charge in [0.25, 0.3) is 0 Å². The van der Waals surface area contributed by atoms with Crippen molar-refractivity contribution in [2.24, 2.45) is 0 Å². The van der Waals surface area contributed by atoms with Crippen molar-refractivity contribution in [1.29, 1.82) is 0 Å². The number of fused-ring (bicyclic) bond motifs is 1. The van der Waals surface area contributed by atoms with Crippen LogP contribution >= 0.6 is 27.7 Å². The fourth-order valence-electron chi connectivity index (χ4n) is 4.29. The van der Waals surface area contributed by atoms with Crippen LogP contribution in [0.2, 0.25) is 0 Å². The molecule has 9 heteroatoms. The van der Waals surface area contributed by atoms with Crippen molar-refractivity contribution in [3.05, 3.63) is 122 Å². The molecule has 38 heavy (non-hydrogen) atoms. The molecule has 0 aliphatic rings. The molecule has 0 saturated heterocycles. The van der Waals surface area contributed by atoms with E-state index >= 15 is 0 Å². The number of nitrogens with zero attached hydrogens (tertiary/aromatic N) is 4. The van der Waals surface area contributed by atoms with Crippen molar-refractivity contribution in [3.63, 3.8) is 0 Å². The van der Waals surface area contributed by atoms with Crippen LogP contribution in [-0.2, 0) is 6.61 Å². The summed E-state index contributed by atoms with van der Waals surface area (Å²) in [6.45, 7) is 4.05. The Morgan fingerprint density at radius 3 is 2.53 bits per heavy atom. The maximum atomic E-state index is 11.6. The zero-order valence-electron chi connectivity index (χ0n) is 20.9. The maximum Gasteiger partial charge on any atom is 0.220 e. The molecule has 0 saturated carbocycles. The summed E-state index contributed by atoms with van der Waals surface area (Å²) < 4.78 is 8.80. The first-order chi connectivity index (χ1) is 18.4. The topological polar surface area (TPSA) is 83.1 Å². The molecular formula is C29H25BrN4O3S. The monoisotopic (exact) mass is 588 g/mol. The van der Waals surface area contributed by atoms with E-state index in [0.29, 0.717) is 17.5 Å². The molecule has 0 aliphatic heterocycles. The van der Waals surface area contributed by atoms with Crippen LogP contribution in [-0.4, -0.2) is 26.2 Å². The van der Waals surface area contributed by atoms with Crippen molar-refractivity contribution in [1.82, 2.24) is 14.8 Å². The van der Waals surface area contributed by atoms with Gasteiger partial charge >= 0.3 is 0 Å². The van der Waals surface area contributed by atoms with Gasteiger partial charge in [-0.05, 0) is 75.9 Å². The molecule has 0 amide bonds. The van der Waals surface area contributed by atoms with E-state index in [9.17, 15) is 10.1 Å². The molecule has 0 spiro atoms. The number of rotatable bonds is 9. The average Bonchev–Trinajstić information content (AvgIpc) is 3.27. The summed E-state index contributed by atoms with van der Waals surface area (Å²) >= 11 is 4.94. The van der Waals surface area contributed by atoms with E-state index < -0.39 is 5.25 Å². The minimum atomic E-state index is -0.471. The number of hydrogen-bond donors (Lipinski definition) is 0. The van der Waals surface area contributed by atoms with Crippen LogP contribution in [0.1, 0.15) is 27.8 Å².